The molecule has 0 saturated heterocycles. The van der Waals surface area contributed by atoms with Crippen LogP contribution in [-0.4, -0.2) is 19.7 Å². The Morgan fingerprint density at radius 3 is 1.70 bits per heavy atom. The Labute approximate surface area is 222 Å². The summed E-state index contributed by atoms with van der Waals surface area (Å²) in [5.74, 6) is 0. The molecule has 0 radical (unpaired) electrons. The van der Waals surface area contributed by atoms with E-state index in [4.69, 9.17) is 9.97 Å². The molecule has 0 unspecified atom stereocenters. The maximum absolute atomic E-state index is 14.1. The predicted molar refractivity (Wildman–Crippen MR) is 152 cm³/mol. The Bertz CT molecular complexity index is 1750. The zero-order valence-corrected chi connectivity index (χ0v) is 21.9. The summed E-state index contributed by atoms with van der Waals surface area (Å²) in [5, 5.41) is 6.36. The average Bonchev–Trinajstić information content (AvgIpc) is 3.52. The third kappa shape index (κ3) is 4.33. The molecule has 0 spiro atoms. The molecule has 6 rings (SSSR count). The average molecular weight is 519 g/mol. The second-order valence-electron chi connectivity index (χ2n) is 8.57. The minimum Gasteiger partial charge on any atom is -0.267 e. The van der Waals surface area contributed by atoms with Crippen LogP contribution in [0.2, 0.25) is 0 Å². The summed E-state index contributed by atoms with van der Waals surface area (Å²) in [4.78, 5) is 26.0. The van der Waals surface area contributed by atoms with Gasteiger partial charge in [0.15, 0.2) is 0 Å². The summed E-state index contributed by atoms with van der Waals surface area (Å²) >= 11 is 3.20. The monoisotopic (exact) mass is 518 g/mol. The van der Waals surface area contributed by atoms with Gasteiger partial charge < -0.3 is 0 Å². The summed E-state index contributed by atoms with van der Waals surface area (Å²) in [7, 11) is 0. The molecule has 0 aliphatic rings. The van der Waals surface area contributed by atoms with Gasteiger partial charge in [0.1, 0.15) is 10.0 Å². The van der Waals surface area contributed by atoms with E-state index in [0.717, 1.165) is 36.6 Å². The minimum absolute atomic E-state index is 0.217. The molecule has 0 aliphatic heterocycles. The zero-order chi connectivity index (χ0) is 25.4. The zero-order valence-electron chi connectivity index (χ0n) is 20.3. The van der Waals surface area contributed by atoms with Crippen molar-refractivity contribution in [1.29, 1.82) is 0 Å². The lowest BCUT2D eigenvalue weighted by atomic mass is 10.0. The van der Waals surface area contributed by atoms with Crippen molar-refractivity contribution in [1.82, 2.24) is 19.7 Å². The lowest BCUT2D eigenvalue weighted by Gasteiger charge is -2.11. The Hall–Kier alpha value is -4.20. The van der Waals surface area contributed by atoms with Gasteiger partial charge in [-0.1, -0.05) is 78.9 Å². The second kappa shape index (κ2) is 9.69. The fraction of sp³-hybridized carbons (Fsp3) is 0.0667. The maximum atomic E-state index is 14.1. The SMILES string of the molecule is Cc1sc(-c2ccccc2)nc1-c1cnn(-c2ccccc2)c(=O)c1-c1nc(-c2ccccc2)sc1C. The first-order valence-corrected chi connectivity index (χ1v) is 13.5. The van der Waals surface area contributed by atoms with E-state index in [1.165, 1.54) is 4.68 Å². The van der Waals surface area contributed by atoms with Crippen LogP contribution in [0.5, 0.6) is 0 Å². The van der Waals surface area contributed by atoms with Crippen molar-refractivity contribution in [2.24, 2.45) is 0 Å². The standard InChI is InChI=1S/C30H22N4OS2/c1-19-26(32-28(36-19)21-12-6-3-7-13-21)24-18-31-34(23-16-10-5-11-17-23)30(35)25(24)27-20(2)37-29(33-27)22-14-8-4-9-15-22/h3-18H,1-2H3. The van der Waals surface area contributed by atoms with E-state index in [1.807, 2.05) is 105 Å². The van der Waals surface area contributed by atoms with Crippen LogP contribution in [-0.2, 0) is 0 Å². The van der Waals surface area contributed by atoms with E-state index in [0.29, 0.717) is 22.5 Å². The van der Waals surface area contributed by atoms with Gasteiger partial charge in [0.25, 0.3) is 5.56 Å². The number of rotatable bonds is 5. The molecule has 0 saturated carbocycles. The smallest absolute Gasteiger partial charge is 0.267 e. The Balaban J connectivity index is 1.59. The molecule has 180 valence electrons. The van der Waals surface area contributed by atoms with Crippen molar-refractivity contribution >= 4 is 22.7 Å². The normalized spacial score (nSPS) is 11.1. The molecule has 3 heterocycles. The van der Waals surface area contributed by atoms with E-state index in [2.05, 4.69) is 5.10 Å². The van der Waals surface area contributed by atoms with Crippen molar-refractivity contribution in [2.75, 3.05) is 0 Å². The summed E-state index contributed by atoms with van der Waals surface area (Å²) in [6.45, 7) is 4.05. The molecule has 0 bridgehead atoms. The van der Waals surface area contributed by atoms with Crippen LogP contribution in [0.3, 0.4) is 0 Å². The lowest BCUT2D eigenvalue weighted by Crippen LogP contribution is -2.23. The van der Waals surface area contributed by atoms with Crippen LogP contribution in [0.1, 0.15) is 9.75 Å². The molecule has 0 N–H and O–H groups in total. The highest BCUT2D eigenvalue weighted by atomic mass is 32.1. The van der Waals surface area contributed by atoms with Crippen LogP contribution in [0.25, 0.3) is 49.3 Å². The lowest BCUT2D eigenvalue weighted by molar-refractivity contribution is 0.810. The van der Waals surface area contributed by atoms with Crippen molar-refractivity contribution in [3.8, 4) is 49.3 Å². The van der Waals surface area contributed by atoms with E-state index in [9.17, 15) is 4.79 Å². The second-order valence-corrected chi connectivity index (χ2v) is 11.0. The molecule has 5 nitrogen and oxygen atoms in total. The molecule has 7 heteroatoms. The number of hydrogen-bond acceptors (Lipinski definition) is 6. The predicted octanol–water partition coefficient (Wildman–Crippen LogP) is 7.43. The van der Waals surface area contributed by atoms with Gasteiger partial charge in [0.05, 0.1) is 28.8 Å². The maximum Gasteiger partial charge on any atom is 0.281 e. The molecular weight excluding hydrogens is 496 g/mol. The van der Waals surface area contributed by atoms with Crippen molar-refractivity contribution in [2.45, 2.75) is 13.8 Å². The molecule has 37 heavy (non-hydrogen) atoms. The van der Waals surface area contributed by atoms with Gasteiger partial charge in [-0.3, -0.25) is 4.79 Å². The third-order valence-corrected chi connectivity index (χ3v) is 8.14. The number of para-hydroxylation sites is 1. The molecule has 3 aromatic carbocycles. The first-order valence-electron chi connectivity index (χ1n) is 11.8. The van der Waals surface area contributed by atoms with Crippen molar-refractivity contribution in [3.63, 3.8) is 0 Å². The van der Waals surface area contributed by atoms with Gasteiger partial charge in [0.2, 0.25) is 0 Å². The minimum atomic E-state index is -0.217. The van der Waals surface area contributed by atoms with Gasteiger partial charge in [-0.25, -0.2) is 9.97 Å². The van der Waals surface area contributed by atoms with Crippen LogP contribution in [0.15, 0.2) is 102 Å². The highest BCUT2D eigenvalue weighted by molar-refractivity contribution is 7.15. The Morgan fingerprint density at radius 1 is 0.649 bits per heavy atom. The molecule has 6 aromatic rings. The van der Waals surface area contributed by atoms with Gasteiger partial charge in [-0.2, -0.15) is 9.78 Å². The van der Waals surface area contributed by atoms with Crippen LogP contribution >= 0.6 is 22.7 Å². The first-order chi connectivity index (χ1) is 18.1. The number of aryl methyl sites for hydroxylation is 2. The van der Waals surface area contributed by atoms with Gasteiger partial charge in [-0.15, -0.1) is 22.7 Å². The molecule has 3 aromatic heterocycles. The Kier molecular flexibility index (Phi) is 6.08. The number of hydrogen-bond donors (Lipinski definition) is 0. The van der Waals surface area contributed by atoms with Crippen molar-refractivity contribution < 1.29 is 0 Å². The van der Waals surface area contributed by atoms with E-state index in [-0.39, 0.29) is 5.56 Å². The fourth-order valence-electron chi connectivity index (χ4n) is 4.30. The number of benzene rings is 3. The van der Waals surface area contributed by atoms with Crippen LogP contribution < -0.4 is 5.56 Å². The summed E-state index contributed by atoms with van der Waals surface area (Å²) in [6, 6.07) is 29.6. The van der Waals surface area contributed by atoms with Gasteiger partial charge >= 0.3 is 0 Å². The number of aromatic nitrogens is 4. The molecule has 0 fully saturated rings. The van der Waals surface area contributed by atoms with Crippen molar-refractivity contribution in [3.05, 3.63) is 117 Å². The highest BCUT2D eigenvalue weighted by Gasteiger charge is 2.24. The highest BCUT2D eigenvalue weighted by Crippen LogP contribution is 2.39. The molecule has 0 atom stereocenters. The first kappa shape index (κ1) is 23.2. The van der Waals surface area contributed by atoms with E-state index >= 15 is 0 Å². The van der Waals surface area contributed by atoms with E-state index < -0.39 is 0 Å². The van der Waals surface area contributed by atoms with Gasteiger partial charge in [0, 0.05) is 26.4 Å². The van der Waals surface area contributed by atoms with Gasteiger partial charge in [-0.05, 0) is 26.0 Å². The van der Waals surface area contributed by atoms with Crippen LogP contribution in [0, 0.1) is 13.8 Å². The summed E-state index contributed by atoms with van der Waals surface area (Å²) in [5.41, 5.74) is 5.20. The third-order valence-electron chi connectivity index (χ3n) is 6.11. The quantitative estimate of drug-likeness (QED) is 0.238. The number of nitrogens with zero attached hydrogens (tertiary/aromatic N) is 4. The largest absolute Gasteiger partial charge is 0.281 e. The molecular formula is C30H22N4OS2. The topological polar surface area (TPSA) is 60.7 Å². The summed E-state index contributed by atoms with van der Waals surface area (Å²) < 4.78 is 1.44. The summed E-state index contributed by atoms with van der Waals surface area (Å²) in [6.07, 6.45) is 1.75. The number of thiazole rings is 2. The fourth-order valence-corrected chi connectivity index (χ4v) is 6.16. The Morgan fingerprint density at radius 2 is 1.14 bits per heavy atom. The molecule has 0 aliphatic carbocycles. The van der Waals surface area contributed by atoms with Crippen LogP contribution in [0.4, 0.5) is 0 Å². The molecule has 0 amide bonds. The van der Waals surface area contributed by atoms with E-state index in [1.54, 1.807) is 28.9 Å².